The average molecular weight is 894 g/mol. The van der Waals surface area contributed by atoms with E-state index >= 15 is 0 Å². The van der Waals surface area contributed by atoms with E-state index in [9.17, 15) is 19.5 Å². The number of likely N-dealkylation sites (N-methyl/N-ethyl adjacent to an activating group) is 1. The monoisotopic (exact) mass is 894 g/mol. The molecule has 0 aliphatic carbocycles. The molecule has 0 bridgehead atoms. The minimum absolute atomic E-state index is 0.0297. The first-order chi connectivity index (χ1) is 31.1. The number of carbonyl (C=O) groups excluding carboxylic acids is 3. The van der Waals surface area contributed by atoms with Gasteiger partial charge in [0.25, 0.3) is 0 Å². The highest BCUT2D eigenvalue weighted by atomic mass is 16.6. The van der Waals surface area contributed by atoms with Crippen molar-refractivity contribution in [2.24, 2.45) is 0 Å². The first-order valence-corrected chi connectivity index (χ1v) is 25.6. The molecule has 0 aliphatic rings. The lowest BCUT2D eigenvalue weighted by molar-refractivity contribution is -0.889. The number of ether oxygens (including phenoxy) is 3. The van der Waals surface area contributed by atoms with E-state index < -0.39 is 18.1 Å². The summed E-state index contributed by atoms with van der Waals surface area (Å²) in [7, 11) is 5.40. The van der Waals surface area contributed by atoms with Crippen LogP contribution in [0, 0.1) is 0 Å². The van der Waals surface area contributed by atoms with Crippen molar-refractivity contribution in [1.29, 1.82) is 0 Å². The van der Waals surface area contributed by atoms with Crippen LogP contribution in [0.3, 0.4) is 0 Å². The summed E-state index contributed by atoms with van der Waals surface area (Å²) in [6.07, 6.45) is 60.3. The first-order valence-electron chi connectivity index (χ1n) is 25.6. The van der Waals surface area contributed by atoms with Crippen molar-refractivity contribution in [3.63, 3.8) is 0 Å². The zero-order chi connectivity index (χ0) is 47.0. The van der Waals surface area contributed by atoms with Crippen molar-refractivity contribution >= 4 is 17.9 Å². The standard InChI is InChI=1S/C56H95NO7/c1-6-8-10-12-14-16-18-20-22-24-25-26-27-28-29-31-32-34-36-38-40-42-44-46-54(58)63-51-52(50-62-49-48-53(56(60)61)57(3,4)5)64-55(59)47-45-43-41-39-37-35-33-30-23-21-19-17-15-13-11-9-7-2/h8,10,14-17,20-23,25-26,28-29,52-53H,6-7,9,11-13,18-19,24,27,30-51H2,1-5H3/b10-8+,16-14+,17-15+,22-20+,23-21+,26-25+,29-28+. The molecule has 0 saturated heterocycles. The number of hydrogen-bond donors (Lipinski definition) is 0. The van der Waals surface area contributed by atoms with Crippen LogP contribution in [-0.2, 0) is 28.6 Å². The number of carbonyl (C=O) groups is 3. The Morgan fingerprint density at radius 3 is 1.30 bits per heavy atom. The molecule has 0 fully saturated rings. The maximum atomic E-state index is 12.8. The Bertz CT molecular complexity index is 1320. The van der Waals surface area contributed by atoms with Crippen molar-refractivity contribution in [2.45, 2.75) is 212 Å². The van der Waals surface area contributed by atoms with Gasteiger partial charge in [-0.1, -0.05) is 176 Å². The largest absolute Gasteiger partial charge is 0.544 e. The van der Waals surface area contributed by atoms with Gasteiger partial charge in [-0.05, 0) is 89.9 Å². The molecule has 0 saturated carbocycles. The SMILES string of the molecule is CC/C=C/C/C=C/C/C=C/C/C=C/C/C=C/CCCCCCCCCC(=O)OCC(COCCC(C(=O)[O-])[N+](C)(C)C)OC(=O)CCCCCCCCC/C=C/C/C=C/CCCCC. The Kier molecular flexibility index (Phi) is 43.5. The third-order valence-electron chi connectivity index (χ3n) is 11.0. The van der Waals surface area contributed by atoms with Crippen LogP contribution in [0.4, 0.5) is 0 Å². The molecule has 0 aromatic rings. The molecule has 8 heteroatoms. The molecule has 2 atom stereocenters. The summed E-state index contributed by atoms with van der Waals surface area (Å²) in [5.41, 5.74) is 0. The van der Waals surface area contributed by atoms with Crippen LogP contribution < -0.4 is 5.11 Å². The van der Waals surface area contributed by atoms with Crippen molar-refractivity contribution in [1.82, 2.24) is 0 Å². The molecule has 0 spiro atoms. The van der Waals surface area contributed by atoms with E-state index in [-0.39, 0.29) is 42.7 Å². The van der Waals surface area contributed by atoms with Gasteiger partial charge in [0, 0.05) is 19.3 Å². The van der Waals surface area contributed by atoms with Crippen LogP contribution >= 0.6 is 0 Å². The average Bonchev–Trinajstić information content (AvgIpc) is 3.26. The van der Waals surface area contributed by atoms with E-state index in [4.69, 9.17) is 14.2 Å². The molecule has 0 rings (SSSR count). The lowest BCUT2D eigenvalue weighted by atomic mass is 10.1. The van der Waals surface area contributed by atoms with E-state index in [0.29, 0.717) is 12.8 Å². The topological polar surface area (TPSA) is 102 Å². The Morgan fingerprint density at radius 2 is 0.875 bits per heavy atom. The van der Waals surface area contributed by atoms with E-state index in [2.05, 4.69) is 98.9 Å². The van der Waals surface area contributed by atoms with E-state index in [0.717, 1.165) is 96.3 Å². The Hall–Kier alpha value is -3.49. The summed E-state index contributed by atoms with van der Waals surface area (Å²) >= 11 is 0. The highest BCUT2D eigenvalue weighted by Gasteiger charge is 2.25. The number of carboxylic acids is 1. The van der Waals surface area contributed by atoms with Crippen LogP contribution in [0.15, 0.2) is 85.1 Å². The summed E-state index contributed by atoms with van der Waals surface area (Å²) in [6.45, 7) is 4.50. The maximum Gasteiger partial charge on any atom is 0.306 e. The molecule has 2 unspecified atom stereocenters. The fourth-order valence-corrected chi connectivity index (χ4v) is 7.07. The van der Waals surface area contributed by atoms with Crippen molar-refractivity contribution in [3.8, 4) is 0 Å². The smallest absolute Gasteiger partial charge is 0.306 e. The van der Waals surface area contributed by atoms with Gasteiger partial charge in [-0.3, -0.25) is 9.59 Å². The predicted octanol–water partition coefficient (Wildman–Crippen LogP) is 13.5. The summed E-state index contributed by atoms with van der Waals surface area (Å²) in [4.78, 5) is 37.0. The molecular formula is C56H95NO7. The highest BCUT2D eigenvalue weighted by Crippen LogP contribution is 2.14. The zero-order valence-electron chi connectivity index (χ0n) is 41.7. The number of esters is 2. The van der Waals surface area contributed by atoms with E-state index in [1.165, 1.54) is 70.6 Å². The summed E-state index contributed by atoms with van der Waals surface area (Å²) in [6, 6.07) is -0.734. The Labute approximate surface area is 393 Å². The number of nitrogens with zero attached hydrogens (tertiary/aromatic N) is 1. The lowest BCUT2D eigenvalue weighted by Crippen LogP contribution is -2.55. The molecule has 0 aliphatic heterocycles. The fraction of sp³-hybridized carbons (Fsp3) is 0.696. The first kappa shape index (κ1) is 60.5. The second kappa shape index (κ2) is 46.1. The van der Waals surface area contributed by atoms with Gasteiger partial charge in [-0.15, -0.1) is 0 Å². The molecule has 0 radical (unpaired) electrons. The molecule has 0 aromatic carbocycles. The second-order valence-corrected chi connectivity index (χ2v) is 18.0. The molecule has 0 N–H and O–H groups in total. The van der Waals surface area contributed by atoms with Crippen LogP contribution in [0.2, 0.25) is 0 Å². The lowest BCUT2D eigenvalue weighted by Gasteiger charge is -2.34. The zero-order valence-corrected chi connectivity index (χ0v) is 41.7. The third-order valence-corrected chi connectivity index (χ3v) is 11.0. The fourth-order valence-electron chi connectivity index (χ4n) is 7.07. The van der Waals surface area contributed by atoms with Gasteiger partial charge >= 0.3 is 11.9 Å². The number of allylic oxidation sites excluding steroid dienone is 14. The van der Waals surface area contributed by atoms with Gasteiger partial charge in [-0.25, -0.2) is 0 Å². The number of aliphatic carboxylic acids is 1. The maximum absolute atomic E-state index is 12.8. The van der Waals surface area contributed by atoms with Crippen LogP contribution in [0.5, 0.6) is 0 Å². The molecule has 0 aromatic heterocycles. The number of rotatable bonds is 45. The van der Waals surface area contributed by atoms with Crippen LogP contribution in [-0.4, -0.2) is 75.5 Å². The predicted molar refractivity (Wildman–Crippen MR) is 268 cm³/mol. The summed E-state index contributed by atoms with van der Waals surface area (Å²) in [5, 5.41) is 11.7. The van der Waals surface area contributed by atoms with Crippen LogP contribution in [0.25, 0.3) is 0 Å². The number of carboxylic acid groups (broad SMARTS) is 1. The summed E-state index contributed by atoms with van der Waals surface area (Å²) in [5.74, 6) is -1.76. The van der Waals surface area contributed by atoms with Crippen molar-refractivity contribution < 1.29 is 38.2 Å². The quantitative estimate of drug-likeness (QED) is 0.0260. The molecule has 366 valence electrons. The minimum atomic E-state index is -1.13. The number of unbranched alkanes of at least 4 members (excludes halogenated alkanes) is 17. The molecule has 8 nitrogen and oxygen atoms in total. The highest BCUT2D eigenvalue weighted by molar-refractivity contribution is 5.70. The summed E-state index contributed by atoms with van der Waals surface area (Å²) < 4.78 is 17.2. The number of hydrogen-bond acceptors (Lipinski definition) is 7. The molecule has 64 heavy (non-hydrogen) atoms. The minimum Gasteiger partial charge on any atom is -0.544 e. The third kappa shape index (κ3) is 43.7. The van der Waals surface area contributed by atoms with Crippen LogP contribution in [0.1, 0.15) is 200 Å². The van der Waals surface area contributed by atoms with Gasteiger partial charge < -0.3 is 28.6 Å². The Morgan fingerprint density at radius 1 is 0.484 bits per heavy atom. The molecule has 0 amide bonds. The normalized spacial score (nSPS) is 13.6. The van der Waals surface area contributed by atoms with Crippen molar-refractivity contribution in [3.05, 3.63) is 85.1 Å². The van der Waals surface area contributed by atoms with Gasteiger partial charge in [0.05, 0.1) is 40.3 Å². The van der Waals surface area contributed by atoms with E-state index in [1.807, 2.05) is 0 Å². The molecule has 0 heterocycles. The van der Waals surface area contributed by atoms with Crippen molar-refractivity contribution in [2.75, 3.05) is 41.0 Å². The van der Waals surface area contributed by atoms with Gasteiger partial charge in [-0.2, -0.15) is 0 Å². The van der Waals surface area contributed by atoms with Gasteiger partial charge in [0.2, 0.25) is 0 Å². The molecular weight excluding hydrogens is 799 g/mol. The van der Waals surface area contributed by atoms with E-state index in [1.54, 1.807) is 21.1 Å². The van der Waals surface area contributed by atoms with Gasteiger partial charge in [0.1, 0.15) is 12.6 Å². The van der Waals surface area contributed by atoms with Gasteiger partial charge in [0.15, 0.2) is 6.10 Å². The Balaban J connectivity index is 4.29. The number of quaternary nitrogens is 1. The second-order valence-electron chi connectivity index (χ2n) is 18.0.